The molecule has 6 heteroatoms. The second-order valence-electron chi connectivity index (χ2n) is 7.73. The monoisotopic (exact) mass is 383 g/mol. The molecule has 2 saturated heterocycles. The summed E-state index contributed by atoms with van der Waals surface area (Å²) >= 11 is 0. The Hall–Kier alpha value is -2.31. The van der Waals surface area contributed by atoms with Crippen LogP contribution in [0.15, 0.2) is 48.7 Å². The third-order valence-electron chi connectivity index (χ3n) is 5.82. The Kier molecular flexibility index (Phi) is 5.42. The minimum atomic E-state index is -0.442. The molecule has 1 aromatic carbocycles. The first-order chi connectivity index (χ1) is 13.6. The van der Waals surface area contributed by atoms with Crippen LogP contribution < -0.4 is 4.90 Å². The zero-order valence-electron chi connectivity index (χ0n) is 16.2. The zero-order chi connectivity index (χ0) is 19.6. The van der Waals surface area contributed by atoms with E-state index in [1.807, 2.05) is 42.2 Å². The molecule has 2 fully saturated rings. The number of hydrogen-bond acceptors (Lipinski definition) is 4. The number of anilines is 1. The van der Waals surface area contributed by atoms with Crippen LogP contribution in [0.2, 0.25) is 0 Å². The topological polar surface area (TPSA) is 45.7 Å². The van der Waals surface area contributed by atoms with Crippen molar-refractivity contribution in [1.82, 2.24) is 9.88 Å². The summed E-state index contributed by atoms with van der Waals surface area (Å²) in [7, 11) is 0. The van der Waals surface area contributed by atoms with Gasteiger partial charge in [-0.2, -0.15) is 0 Å². The van der Waals surface area contributed by atoms with E-state index in [9.17, 15) is 9.18 Å². The lowest BCUT2D eigenvalue weighted by Crippen LogP contribution is -2.61. The standard InChI is InChI=1S/C22H26FN3O2/c1-17-21(27)26(18-6-3-2-4-7-18)16-22(28-17)10-14-25(15-11-22)13-9-20-19(23)8-5-12-24-20/h2-8,12,17H,9-11,13-16H2,1H3. The molecule has 0 N–H and O–H groups in total. The molecule has 5 nitrogen and oxygen atoms in total. The predicted octanol–water partition coefficient (Wildman–Crippen LogP) is 3.05. The van der Waals surface area contributed by atoms with Gasteiger partial charge in [-0.05, 0) is 44.0 Å². The van der Waals surface area contributed by atoms with Crippen LogP contribution in [-0.4, -0.2) is 53.7 Å². The maximum absolute atomic E-state index is 13.8. The molecule has 148 valence electrons. The second kappa shape index (κ2) is 7.97. The van der Waals surface area contributed by atoms with Gasteiger partial charge >= 0.3 is 0 Å². The first-order valence-electron chi connectivity index (χ1n) is 9.92. The fourth-order valence-electron chi connectivity index (χ4n) is 4.20. The number of likely N-dealkylation sites (tertiary alicyclic amines) is 1. The molecule has 1 unspecified atom stereocenters. The minimum Gasteiger partial charge on any atom is -0.360 e. The van der Waals surface area contributed by atoms with Crippen molar-refractivity contribution in [3.63, 3.8) is 0 Å². The third-order valence-corrected chi connectivity index (χ3v) is 5.82. The number of nitrogens with zero attached hydrogens (tertiary/aromatic N) is 3. The van der Waals surface area contributed by atoms with E-state index in [0.29, 0.717) is 18.7 Å². The molecule has 0 aliphatic carbocycles. The number of ether oxygens (including phenoxy) is 1. The summed E-state index contributed by atoms with van der Waals surface area (Å²) in [5.41, 5.74) is 1.14. The van der Waals surface area contributed by atoms with Crippen molar-refractivity contribution in [2.75, 3.05) is 31.1 Å². The zero-order valence-corrected chi connectivity index (χ0v) is 16.2. The van der Waals surface area contributed by atoms with Gasteiger partial charge in [0.25, 0.3) is 5.91 Å². The van der Waals surface area contributed by atoms with Crippen LogP contribution in [0.4, 0.5) is 10.1 Å². The Morgan fingerprint density at radius 1 is 1.18 bits per heavy atom. The lowest BCUT2D eigenvalue weighted by molar-refractivity contribution is -0.161. The van der Waals surface area contributed by atoms with Crippen molar-refractivity contribution in [2.24, 2.45) is 0 Å². The molecular formula is C22H26FN3O2. The highest BCUT2D eigenvalue weighted by Gasteiger charge is 2.45. The molecular weight excluding hydrogens is 357 g/mol. The maximum atomic E-state index is 13.8. The highest BCUT2D eigenvalue weighted by atomic mass is 19.1. The summed E-state index contributed by atoms with van der Waals surface area (Å²) in [6.07, 6.45) is 3.52. The van der Waals surface area contributed by atoms with Crippen molar-refractivity contribution in [2.45, 2.75) is 37.9 Å². The number of halogens is 1. The van der Waals surface area contributed by atoms with Gasteiger partial charge in [0.2, 0.25) is 0 Å². The van der Waals surface area contributed by atoms with Gasteiger partial charge in [-0.15, -0.1) is 0 Å². The number of para-hydroxylation sites is 1. The van der Waals surface area contributed by atoms with E-state index < -0.39 is 6.10 Å². The molecule has 4 rings (SSSR count). The average molecular weight is 383 g/mol. The van der Waals surface area contributed by atoms with Gasteiger partial charge in [0.15, 0.2) is 0 Å². The van der Waals surface area contributed by atoms with Crippen LogP contribution in [0.1, 0.15) is 25.5 Å². The summed E-state index contributed by atoms with van der Waals surface area (Å²) in [6.45, 7) is 4.95. The van der Waals surface area contributed by atoms with Crippen molar-refractivity contribution in [3.8, 4) is 0 Å². The van der Waals surface area contributed by atoms with Gasteiger partial charge < -0.3 is 14.5 Å². The number of morpholine rings is 1. The van der Waals surface area contributed by atoms with Crippen LogP contribution >= 0.6 is 0 Å². The number of benzene rings is 1. The van der Waals surface area contributed by atoms with Crippen LogP contribution in [0.25, 0.3) is 0 Å². The first kappa shape index (κ1) is 19.0. The molecule has 3 heterocycles. The van der Waals surface area contributed by atoms with Crippen LogP contribution in [0.3, 0.4) is 0 Å². The largest absolute Gasteiger partial charge is 0.360 e. The van der Waals surface area contributed by atoms with E-state index in [1.54, 1.807) is 12.3 Å². The number of rotatable bonds is 4. The first-order valence-corrected chi connectivity index (χ1v) is 9.92. The Morgan fingerprint density at radius 2 is 1.93 bits per heavy atom. The van der Waals surface area contributed by atoms with Gasteiger partial charge in [0.05, 0.1) is 17.8 Å². The number of carbonyl (C=O) groups excluding carboxylic acids is 1. The third kappa shape index (κ3) is 3.93. The van der Waals surface area contributed by atoms with Crippen molar-refractivity contribution < 1.29 is 13.9 Å². The van der Waals surface area contributed by atoms with Crippen molar-refractivity contribution >= 4 is 11.6 Å². The SMILES string of the molecule is CC1OC2(CCN(CCc3ncccc3F)CC2)CN(c2ccccc2)C1=O. The molecule has 2 aromatic rings. The number of pyridine rings is 1. The van der Waals surface area contributed by atoms with Crippen molar-refractivity contribution in [3.05, 3.63) is 60.2 Å². The lowest BCUT2D eigenvalue weighted by atomic mass is 9.88. The lowest BCUT2D eigenvalue weighted by Gasteiger charge is -2.49. The van der Waals surface area contributed by atoms with E-state index >= 15 is 0 Å². The fourth-order valence-corrected chi connectivity index (χ4v) is 4.20. The van der Waals surface area contributed by atoms with Gasteiger partial charge in [-0.1, -0.05) is 18.2 Å². The van der Waals surface area contributed by atoms with Gasteiger partial charge in [-0.3, -0.25) is 9.78 Å². The van der Waals surface area contributed by atoms with Crippen LogP contribution in [-0.2, 0) is 16.0 Å². The van der Waals surface area contributed by atoms with Gasteiger partial charge in [0, 0.05) is 37.9 Å². The van der Waals surface area contributed by atoms with Gasteiger partial charge in [-0.25, -0.2) is 4.39 Å². The average Bonchev–Trinajstić information content (AvgIpc) is 2.72. The second-order valence-corrected chi connectivity index (χ2v) is 7.73. The predicted molar refractivity (Wildman–Crippen MR) is 106 cm³/mol. The van der Waals surface area contributed by atoms with Crippen molar-refractivity contribution in [1.29, 1.82) is 0 Å². The Bertz CT molecular complexity index is 822. The van der Waals surface area contributed by atoms with E-state index in [0.717, 1.165) is 38.2 Å². The Balaban J connectivity index is 1.39. The molecule has 0 bridgehead atoms. The summed E-state index contributed by atoms with van der Waals surface area (Å²) in [4.78, 5) is 21.0. The minimum absolute atomic E-state index is 0.0184. The van der Waals surface area contributed by atoms with E-state index in [2.05, 4.69) is 9.88 Å². The molecule has 0 radical (unpaired) electrons. The molecule has 1 aromatic heterocycles. The smallest absolute Gasteiger partial charge is 0.255 e. The quantitative estimate of drug-likeness (QED) is 0.814. The molecule has 1 amide bonds. The number of carbonyl (C=O) groups is 1. The molecule has 1 atom stereocenters. The normalized spacial score (nSPS) is 22.6. The molecule has 28 heavy (non-hydrogen) atoms. The molecule has 0 saturated carbocycles. The number of piperidine rings is 1. The maximum Gasteiger partial charge on any atom is 0.255 e. The fraction of sp³-hybridized carbons (Fsp3) is 0.455. The Morgan fingerprint density at radius 3 is 2.64 bits per heavy atom. The number of aromatic nitrogens is 1. The summed E-state index contributed by atoms with van der Waals surface area (Å²) in [6, 6.07) is 12.9. The number of amides is 1. The molecule has 1 spiro atoms. The highest BCUT2D eigenvalue weighted by molar-refractivity contribution is 5.97. The highest BCUT2D eigenvalue weighted by Crippen LogP contribution is 2.35. The van der Waals surface area contributed by atoms with E-state index in [1.165, 1.54) is 6.07 Å². The summed E-state index contributed by atoms with van der Waals surface area (Å²) < 4.78 is 20.0. The van der Waals surface area contributed by atoms with Gasteiger partial charge in [0.1, 0.15) is 11.9 Å². The summed E-state index contributed by atoms with van der Waals surface area (Å²) in [5.74, 6) is -0.220. The van der Waals surface area contributed by atoms with Crippen LogP contribution in [0, 0.1) is 5.82 Å². The molecule has 2 aliphatic rings. The van der Waals surface area contributed by atoms with E-state index in [4.69, 9.17) is 4.74 Å². The Labute approximate surface area is 165 Å². The summed E-state index contributed by atoms with van der Waals surface area (Å²) in [5, 5.41) is 0. The molecule has 2 aliphatic heterocycles. The number of hydrogen-bond donors (Lipinski definition) is 0. The van der Waals surface area contributed by atoms with E-state index in [-0.39, 0.29) is 17.3 Å². The van der Waals surface area contributed by atoms with Crippen LogP contribution in [0.5, 0.6) is 0 Å².